The number of rotatable bonds is 7. The standard InChI is InChI=1S/C28H22O6/c1-32-20-12-6-18(7-13-20)10-16-23(30)27-25(17-11-19-8-14-21(33-2)15-9-19)34-24-5-3-4-22(29)26(24)28(27)31/h3-17,29H,1-2H3/b16-10+,17-11+. The molecular formula is C28H22O6. The highest BCUT2D eigenvalue weighted by Gasteiger charge is 2.20. The molecule has 6 heteroatoms. The molecule has 3 aromatic carbocycles. The molecule has 0 bridgehead atoms. The first-order chi connectivity index (χ1) is 16.5. The molecule has 4 rings (SSSR count). The van der Waals surface area contributed by atoms with Crippen LogP contribution in [-0.4, -0.2) is 25.1 Å². The molecule has 34 heavy (non-hydrogen) atoms. The highest BCUT2D eigenvalue weighted by atomic mass is 16.5. The largest absolute Gasteiger partial charge is 0.507 e. The van der Waals surface area contributed by atoms with Crippen LogP contribution >= 0.6 is 0 Å². The van der Waals surface area contributed by atoms with Crippen molar-refractivity contribution in [2.45, 2.75) is 0 Å². The fourth-order valence-corrected chi connectivity index (χ4v) is 3.45. The Morgan fingerprint density at radius 1 is 0.824 bits per heavy atom. The van der Waals surface area contributed by atoms with Crippen LogP contribution in [0.3, 0.4) is 0 Å². The number of phenolic OH excluding ortho intramolecular Hbond substituents is 1. The quantitative estimate of drug-likeness (QED) is 0.290. The van der Waals surface area contributed by atoms with E-state index in [2.05, 4.69) is 0 Å². The smallest absolute Gasteiger partial charge is 0.208 e. The molecule has 1 heterocycles. The zero-order valence-electron chi connectivity index (χ0n) is 18.6. The molecule has 0 radical (unpaired) electrons. The Morgan fingerprint density at radius 2 is 1.41 bits per heavy atom. The van der Waals surface area contributed by atoms with Gasteiger partial charge in [-0.1, -0.05) is 42.5 Å². The van der Waals surface area contributed by atoms with Crippen LogP contribution in [0.25, 0.3) is 29.2 Å². The summed E-state index contributed by atoms with van der Waals surface area (Å²) in [5, 5.41) is 10.2. The van der Waals surface area contributed by atoms with Crippen molar-refractivity contribution in [2.24, 2.45) is 0 Å². The molecule has 0 aliphatic heterocycles. The zero-order chi connectivity index (χ0) is 24.1. The van der Waals surface area contributed by atoms with Crippen LogP contribution in [-0.2, 0) is 0 Å². The molecule has 0 saturated heterocycles. The summed E-state index contributed by atoms with van der Waals surface area (Å²) in [5.41, 5.74) is 1.01. The zero-order valence-corrected chi connectivity index (χ0v) is 18.6. The second kappa shape index (κ2) is 9.92. The number of aromatic hydroxyl groups is 1. The molecule has 0 fully saturated rings. The van der Waals surface area contributed by atoms with Crippen molar-refractivity contribution in [3.63, 3.8) is 0 Å². The summed E-state index contributed by atoms with van der Waals surface area (Å²) < 4.78 is 16.2. The Hall–Kier alpha value is -4.58. The lowest BCUT2D eigenvalue weighted by molar-refractivity contribution is 0.104. The summed E-state index contributed by atoms with van der Waals surface area (Å²) in [6.45, 7) is 0. The molecule has 1 N–H and O–H groups in total. The molecule has 0 atom stereocenters. The van der Waals surface area contributed by atoms with Gasteiger partial charge in [-0.25, -0.2) is 0 Å². The van der Waals surface area contributed by atoms with E-state index in [9.17, 15) is 14.7 Å². The highest BCUT2D eigenvalue weighted by Crippen LogP contribution is 2.25. The minimum absolute atomic E-state index is 0.0368. The van der Waals surface area contributed by atoms with E-state index in [1.807, 2.05) is 12.1 Å². The minimum Gasteiger partial charge on any atom is -0.507 e. The van der Waals surface area contributed by atoms with Gasteiger partial charge in [-0.05, 0) is 59.7 Å². The number of ether oxygens (including phenoxy) is 2. The summed E-state index contributed by atoms with van der Waals surface area (Å²) in [6.07, 6.45) is 6.22. The van der Waals surface area contributed by atoms with E-state index < -0.39 is 11.2 Å². The summed E-state index contributed by atoms with van der Waals surface area (Å²) >= 11 is 0. The maximum absolute atomic E-state index is 13.3. The van der Waals surface area contributed by atoms with Crippen LogP contribution in [0.5, 0.6) is 17.2 Å². The molecule has 0 amide bonds. The van der Waals surface area contributed by atoms with Crippen LogP contribution in [0.15, 0.2) is 82.0 Å². The Morgan fingerprint density at radius 3 is 2.00 bits per heavy atom. The lowest BCUT2D eigenvalue weighted by Gasteiger charge is -2.06. The monoisotopic (exact) mass is 454 g/mol. The average molecular weight is 454 g/mol. The van der Waals surface area contributed by atoms with Crippen LogP contribution in [0.2, 0.25) is 0 Å². The number of hydrogen-bond donors (Lipinski definition) is 1. The van der Waals surface area contributed by atoms with Gasteiger partial charge < -0.3 is 19.0 Å². The third-order valence-corrected chi connectivity index (χ3v) is 5.26. The molecule has 0 aliphatic rings. The van der Waals surface area contributed by atoms with E-state index in [4.69, 9.17) is 13.9 Å². The van der Waals surface area contributed by atoms with Crippen LogP contribution in [0.1, 0.15) is 27.2 Å². The predicted molar refractivity (Wildman–Crippen MR) is 132 cm³/mol. The van der Waals surface area contributed by atoms with E-state index >= 15 is 0 Å². The van der Waals surface area contributed by atoms with E-state index in [1.165, 1.54) is 12.1 Å². The number of carbonyl (C=O) groups excluding carboxylic acids is 1. The van der Waals surface area contributed by atoms with Crippen LogP contribution in [0, 0.1) is 0 Å². The summed E-state index contributed by atoms with van der Waals surface area (Å²) in [6, 6.07) is 18.9. The Bertz CT molecular complexity index is 1440. The predicted octanol–water partition coefficient (Wildman–Crippen LogP) is 5.58. The van der Waals surface area contributed by atoms with E-state index in [0.717, 1.165) is 11.1 Å². The number of methoxy groups -OCH3 is 2. The summed E-state index contributed by atoms with van der Waals surface area (Å²) in [7, 11) is 3.16. The second-order valence-corrected chi connectivity index (χ2v) is 7.40. The number of ketones is 1. The average Bonchev–Trinajstić information content (AvgIpc) is 2.86. The molecule has 6 nitrogen and oxygen atoms in total. The number of carbonyl (C=O) groups is 1. The fourth-order valence-electron chi connectivity index (χ4n) is 3.45. The molecule has 1 aromatic heterocycles. The van der Waals surface area contributed by atoms with Crippen molar-refractivity contribution >= 4 is 35.0 Å². The van der Waals surface area contributed by atoms with Gasteiger partial charge in [-0.15, -0.1) is 0 Å². The lowest BCUT2D eigenvalue weighted by atomic mass is 10.0. The van der Waals surface area contributed by atoms with Crippen molar-refractivity contribution in [1.82, 2.24) is 0 Å². The van der Waals surface area contributed by atoms with Crippen molar-refractivity contribution in [3.05, 3.63) is 105 Å². The van der Waals surface area contributed by atoms with Crippen molar-refractivity contribution in [3.8, 4) is 17.2 Å². The Kier molecular flexibility index (Phi) is 6.59. The number of allylic oxidation sites excluding steroid dienone is 1. The Balaban J connectivity index is 1.77. The third-order valence-electron chi connectivity index (χ3n) is 5.26. The fraction of sp³-hybridized carbons (Fsp3) is 0.0714. The first-order valence-electron chi connectivity index (χ1n) is 10.5. The number of phenols is 1. The van der Waals surface area contributed by atoms with Crippen molar-refractivity contribution in [1.29, 1.82) is 0 Å². The summed E-state index contributed by atoms with van der Waals surface area (Å²) in [4.78, 5) is 26.4. The first-order valence-corrected chi connectivity index (χ1v) is 10.5. The number of hydrogen-bond acceptors (Lipinski definition) is 6. The van der Waals surface area contributed by atoms with E-state index in [-0.39, 0.29) is 28.0 Å². The normalized spacial score (nSPS) is 11.4. The van der Waals surface area contributed by atoms with Gasteiger partial charge in [0.1, 0.15) is 39.5 Å². The van der Waals surface area contributed by atoms with Gasteiger partial charge in [0.15, 0.2) is 5.78 Å². The molecule has 0 saturated carbocycles. The molecule has 170 valence electrons. The van der Waals surface area contributed by atoms with Crippen LogP contribution < -0.4 is 14.9 Å². The van der Waals surface area contributed by atoms with Gasteiger partial charge in [0.2, 0.25) is 5.43 Å². The Labute approximate surface area is 196 Å². The topological polar surface area (TPSA) is 86.0 Å². The van der Waals surface area contributed by atoms with Gasteiger partial charge in [0.25, 0.3) is 0 Å². The molecular weight excluding hydrogens is 432 g/mol. The number of fused-ring (bicyclic) bond motifs is 1. The lowest BCUT2D eigenvalue weighted by Crippen LogP contribution is -2.16. The van der Waals surface area contributed by atoms with E-state index in [1.54, 1.807) is 81.0 Å². The van der Waals surface area contributed by atoms with Gasteiger partial charge in [0.05, 0.1) is 14.2 Å². The van der Waals surface area contributed by atoms with Crippen molar-refractivity contribution in [2.75, 3.05) is 14.2 Å². The maximum Gasteiger partial charge on any atom is 0.208 e. The molecule has 4 aromatic rings. The SMILES string of the molecule is COc1ccc(/C=C/C(=O)c2c(/C=C/c3ccc(OC)cc3)oc3cccc(O)c3c2=O)cc1. The number of benzene rings is 3. The summed E-state index contributed by atoms with van der Waals surface area (Å²) in [5.74, 6) is 0.724. The first kappa shape index (κ1) is 22.6. The minimum atomic E-state index is -0.599. The highest BCUT2D eigenvalue weighted by molar-refractivity contribution is 6.10. The maximum atomic E-state index is 13.3. The van der Waals surface area contributed by atoms with Gasteiger partial charge >= 0.3 is 0 Å². The molecule has 0 aliphatic carbocycles. The van der Waals surface area contributed by atoms with Gasteiger partial charge in [-0.3, -0.25) is 9.59 Å². The van der Waals surface area contributed by atoms with Crippen LogP contribution in [0.4, 0.5) is 0 Å². The van der Waals surface area contributed by atoms with E-state index in [0.29, 0.717) is 11.5 Å². The molecule has 0 spiro atoms. The molecule has 0 unspecified atom stereocenters. The van der Waals surface area contributed by atoms with Gasteiger partial charge in [0, 0.05) is 0 Å². The third kappa shape index (κ3) is 4.76. The van der Waals surface area contributed by atoms with Gasteiger partial charge in [-0.2, -0.15) is 0 Å². The van der Waals surface area contributed by atoms with Crippen molar-refractivity contribution < 1.29 is 23.8 Å². The second-order valence-electron chi connectivity index (χ2n) is 7.40.